The van der Waals surface area contributed by atoms with Crippen LogP contribution in [0, 0.1) is 47.3 Å². The van der Waals surface area contributed by atoms with Gasteiger partial charge in [-0.05, 0) is 129 Å². The number of esters is 2. The van der Waals surface area contributed by atoms with Gasteiger partial charge in [0.15, 0.2) is 31.3 Å². The van der Waals surface area contributed by atoms with Gasteiger partial charge < -0.3 is 127 Å². The first-order chi connectivity index (χ1) is 49.4. The van der Waals surface area contributed by atoms with Crippen molar-refractivity contribution in [1.82, 2.24) is 4.90 Å². The maximum atomic E-state index is 14.2. The average molecular weight is 1540 g/mol. The summed E-state index contributed by atoms with van der Waals surface area (Å²) in [5, 5.41) is 99.4. The van der Waals surface area contributed by atoms with E-state index in [0.29, 0.717) is 12.8 Å². The number of carbonyl (C=O) groups excluding carboxylic acids is 5. The fourth-order valence-electron chi connectivity index (χ4n) is 17.3. The molecule has 0 bridgehead atoms. The van der Waals surface area contributed by atoms with E-state index in [1.807, 2.05) is 60.8 Å². The highest BCUT2D eigenvalue weighted by Gasteiger charge is 2.58. The van der Waals surface area contributed by atoms with Crippen molar-refractivity contribution in [3.05, 3.63) is 0 Å². The SMILES string of the molecule is CC[C@H]1OC(=O)[C@H](C)[C@@H](O[C@H]2C[C@@](C)(OC)[C@@H](O)[C@H](C)O2)[C@H](C)[C@@H](O[C@@H]2O[C@H](C)C[C@H](N(C)C)[C@H]2O)[C@](C)(OC)C[C@H](C)C(=O)[C@H](C)[C@@H](O)[C@]1(C)O.CC[C@H]1OC(=O)[C@H](C)[C@@H](O[C@H]2C[C@@](C)(OC)[C@@H](O)[C@H](C)O2)[C@H](C)[C@@H](O[C@@H]2O[C@H](C)C[C@H]([NH+](C)C)[C@H]2O)[C@](C)(OC)C[C@H](C)C(=O)[C@H](C)[C@@H](O)[C@]1(C)O.O=C[O-]. The van der Waals surface area contributed by atoms with Crippen LogP contribution in [0.1, 0.15) is 190 Å². The van der Waals surface area contributed by atoms with Gasteiger partial charge in [0.1, 0.15) is 59.3 Å². The molecular weight excluding hydrogens is 1400 g/mol. The first-order valence-corrected chi connectivity index (χ1v) is 38.4. The van der Waals surface area contributed by atoms with Gasteiger partial charge in [-0.1, -0.05) is 55.4 Å². The summed E-state index contributed by atoms with van der Waals surface area (Å²) >= 11 is 0. The Balaban J connectivity index is 0.000000436. The van der Waals surface area contributed by atoms with E-state index in [1.54, 1.807) is 96.9 Å². The number of hydrogen-bond acceptors (Lipinski definition) is 29. The smallest absolute Gasteiger partial charge is 0.311 e. The van der Waals surface area contributed by atoms with Crippen molar-refractivity contribution in [2.45, 2.75) is 358 Å². The largest absolute Gasteiger partial charge is 0.554 e. The first kappa shape index (κ1) is 96.2. The number of cyclic esters (lactones) is 2. The third kappa shape index (κ3) is 22.3. The Morgan fingerprint density at radius 3 is 1.13 bits per heavy atom. The lowest BCUT2D eigenvalue weighted by Crippen LogP contribution is -3.12. The van der Waals surface area contributed by atoms with Crippen LogP contribution >= 0.6 is 0 Å². The number of aliphatic hydroxyl groups is 8. The molecule has 0 amide bonds. The maximum absolute atomic E-state index is 14.2. The van der Waals surface area contributed by atoms with Gasteiger partial charge in [-0.3, -0.25) is 19.2 Å². The lowest BCUT2D eigenvalue weighted by molar-refractivity contribution is -0.893. The summed E-state index contributed by atoms with van der Waals surface area (Å²) < 4.78 is 87.8. The van der Waals surface area contributed by atoms with Gasteiger partial charge in [-0.25, -0.2) is 0 Å². The average Bonchev–Trinajstić information content (AvgIpc) is 0.777. The van der Waals surface area contributed by atoms with Gasteiger partial charge in [0, 0.05) is 95.7 Å². The monoisotopic (exact) mass is 1540 g/mol. The van der Waals surface area contributed by atoms with E-state index >= 15 is 0 Å². The molecule has 6 heterocycles. The van der Waals surface area contributed by atoms with Crippen molar-refractivity contribution in [2.24, 2.45) is 47.3 Å². The molecule has 0 radical (unpaired) electrons. The molecule has 36 atom stereocenters. The number of nitrogens with one attached hydrogen (secondary N) is 1. The normalized spacial score (nSPS) is 47.8. The number of rotatable bonds is 16. The van der Waals surface area contributed by atoms with Gasteiger partial charge in [0.05, 0.1) is 109 Å². The van der Waals surface area contributed by atoms with Crippen LogP contribution in [0.4, 0.5) is 0 Å². The molecule has 30 nitrogen and oxygen atoms in total. The summed E-state index contributed by atoms with van der Waals surface area (Å²) in [5.41, 5.74) is -8.48. The molecule has 6 rings (SSSR count). The van der Waals surface area contributed by atoms with E-state index in [2.05, 4.69) is 0 Å². The van der Waals surface area contributed by atoms with E-state index in [4.69, 9.17) is 76.2 Å². The van der Waals surface area contributed by atoms with E-state index in [-0.39, 0.29) is 74.4 Å². The minimum atomic E-state index is -1.96. The Labute approximate surface area is 636 Å². The van der Waals surface area contributed by atoms with Crippen LogP contribution in [0.2, 0.25) is 0 Å². The van der Waals surface area contributed by atoms with Crippen LogP contribution in [-0.2, 0) is 90.3 Å². The van der Waals surface area contributed by atoms with E-state index in [0.717, 1.165) is 4.90 Å². The molecule has 0 aromatic heterocycles. The number of nitrogens with zero attached hydrogens (tertiary/aromatic N) is 1. The Morgan fingerprint density at radius 2 is 0.822 bits per heavy atom. The minimum absolute atomic E-state index is 0.111. The molecule has 6 fully saturated rings. The van der Waals surface area contributed by atoms with Crippen LogP contribution in [-0.4, -0.2) is 301 Å². The van der Waals surface area contributed by atoms with Crippen molar-refractivity contribution >= 4 is 30.0 Å². The molecule has 0 spiro atoms. The van der Waals surface area contributed by atoms with Gasteiger partial charge in [0.2, 0.25) is 0 Å². The molecule has 6 aliphatic heterocycles. The van der Waals surface area contributed by atoms with Crippen LogP contribution in [0.5, 0.6) is 0 Å². The Morgan fingerprint density at radius 1 is 0.495 bits per heavy atom. The predicted molar refractivity (Wildman–Crippen MR) is 387 cm³/mol. The van der Waals surface area contributed by atoms with E-state index in [9.17, 15) is 60.0 Å². The number of methoxy groups -OCH3 is 4. The number of quaternary nitrogens is 1. The Hall–Kier alpha value is -3.13. The summed E-state index contributed by atoms with van der Waals surface area (Å²) in [4.78, 5) is 67.5. The number of carbonyl (C=O) groups is 5. The summed E-state index contributed by atoms with van der Waals surface area (Å²) in [6, 6.07) is -0.483. The molecule has 626 valence electrons. The predicted octanol–water partition coefficient (Wildman–Crippen LogP) is 1.83. The number of ketones is 2. The summed E-state index contributed by atoms with van der Waals surface area (Å²) in [5.74, 6) is -8.91. The fourth-order valence-corrected chi connectivity index (χ4v) is 17.3. The first-order valence-electron chi connectivity index (χ1n) is 38.4. The molecule has 6 saturated heterocycles. The van der Waals surface area contributed by atoms with E-state index in [1.165, 1.54) is 42.3 Å². The zero-order chi connectivity index (χ0) is 82.0. The Kier molecular flexibility index (Phi) is 35.8. The number of Topliss-reactive ketones (excluding diaryl/α,β-unsaturated/α-hetero) is 2. The maximum Gasteiger partial charge on any atom is 0.311 e. The third-order valence-corrected chi connectivity index (χ3v) is 24.6. The van der Waals surface area contributed by atoms with Gasteiger partial charge >= 0.3 is 11.9 Å². The number of ether oxygens (including phenoxy) is 14. The molecule has 0 aromatic carbocycles. The van der Waals surface area contributed by atoms with Crippen LogP contribution in [0.25, 0.3) is 0 Å². The Bertz CT molecular complexity index is 2610. The quantitative estimate of drug-likeness (QED) is 0.0786. The molecule has 0 saturated carbocycles. The van der Waals surface area contributed by atoms with Crippen molar-refractivity contribution in [2.75, 3.05) is 56.6 Å². The molecule has 107 heavy (non-hydrogen) atoms. The van der Waals surface area contributed by atoms with Crippen molar-refractivity contribution in [3.8, 4) is 0 Å². The highest BCUT2D eigenvalue weighted by atomic mass is 16.7. The third-order valence-electron chi connectivity index (χ3n) is 24.6. The minimum Gasteiger partial charge on any atom is -0.554 e. The molecule has 6 aliphatic rings. The second-order valence-corrected chi connectivity index (χ2v) is 33.5. The van der Waals surface area contributed by atoms with Crippen molar-refractivity contribution in [3.63, 3.8) is 0 Å². The van der Waals surface area contributed by atoms with Crippen LogP contribution in [0.3, 0.4) is 0 Å². The van der Waals surface area contributed by atoms with Gasteiger partial charge in [-0.2, -0.15) is 0 Å². The van der Waals surface area contributed by atoms with Crippen molar-refractivity contribution in [1.29, 1.82) is 0 Å². The fraction of sp³-hybridized carbons (Fsp3) is 0.935. The zero-order valence-corrected chi connectivity index (χ0v) is 69.2. The number of hydrogen-bond donors (Lipinski definition) is 9. The molecular formula is C77H140N2O28. The molecule has 0 unspecified atom stereocenters. The summed E-state index contributed by atoms with van der Waals surface area (Å²) in [6.45, 7) is 33.6. The van der Waals surface area contributed by atoms with Crippen LogP contribution in [0.15, 0.2) is 0 Å². The number of likely N-dealkylation sites (N-methyl/N-ethyl adjacent to an activating group) is 2. The molecule has 0 aliphatic carbocycles. The van der Waals surface area contributed by atoms with Gasteiger partial charge in [-0.15, -0.1) is 0 Å². The number of aliphatic hydroxyl groups excluding tert-OH is 6. The van der Waals surface area contributed by atoms with Crippen molar-refractivity contribution < 1.29 is 141 Å². The van der Waals surface area contributed by atoms with Gasteiger partial charge in [0.25, 0.3) is 0 Å². The second-order valence-electron chi connectivity index (χ2n) is 33.5. The van der Waals surface area contributed by atoms with Crippen LogP contribution < -0.4 is 10.0 Å². The topological polar surface area (TPSA) is 407 Å². The highest BCUT2D eigenvalue weighted by molar-refractivity contribution is 5.84. The lowest BCUT2D eigenvalue weighted by atomic mass is 9.73. The number of carboxylic acid groups (broad SMARTS) is 1. The highest BCUT2D eigenvalue weighted by Crippen LogP contribution is 2.45. The second kappa shape index (κ2) is 39.8. The summed E-state index contributed by atoms with van der Waals surface area (Å²) in [7, 11) is 13.7. The lowest BCUT2D eigenvalue weighted by Gasteiger charge is -2.50. The summed E-state index contributed by atoms with van der Waals surface area (Å²) in [6.07, 6.45) is -17.3. The zero-order valence-electron chi connectivity index (χ0n) is 69.2. The molecule has 0 aromatic rings. The van der Waals surface area contributed by atoms with E-state index < -0.39 is 210 Å². The standard InChI is InChI=1S/2C38H69NO13.CH2O2/c2*1-15-26-38(10,45)31(42)21(4)28(40)19(2)17-37(9,47-14)33(52-35-29(41)25(39(11)12)16-20(3)48-35)22(5)30(23(6)34(44)50-26)51-27-18-36(8,46-13)32(43)24(7)49-27;2-1-3/h2*19-27,29-33,35,41-43,45H,15-18H2,1-14H3;1H,(H,2,3)/t2*19-,20+,21-,22-,23+,24-,25-,26+,27-,29+,30-,31+,32-,33+,35-,36+,37+,38+;/m00./s1. The molecule has 9 N–H and O–H groups in total. The molecule has 30 heteroatoms.